The Balaban J connectivity index is 3.12. The van der Waals surface area contributed by atoms with E-state index in [1.807, 2.05) is 36.9 Å². The average molecular weight is 282 g/mol. The molecule has 0 radical (unpaired) electrons. The second-order valence-electron chi connectivity index (χ2n) is 5.67. The van der Waals surface area contributed by atoms with E-state index < -0.39 is 25.0 Å². The summed E-state index contributed by atoms with van der Waals surface area (Å²) in [5, 5.41) is 9.82. The maximum absolute atomic E-state index is 12.5. The van der Waals surface area contributed by atoms with Gasteiger partial charge in [0.2, 0.25) is 0 Å². The Bertz CT molecular complexity index is 456. The lowest BCUT2D eigenvalue weighted by Gasteiger charge is -2.16. The van der Waals surface area contributed by atoms with E-state index >= 15 is 0 Å². The Morgan fingerprint density at radius 2 is 1.78 bits per heavy atom. The van der Waals surface area contributed by atoms with Crippen LogP contribution in [0, 0.1) is 6.92 Å². The zero-order valence-electron chi connectivity index (χ0n) is 11.7. The van der Waals surface area contributed by atoms with Crippen LogP contribution in [0.4, 0.5) is 0 Å². The number of aryl methyl sites for hydroxylation is 1. The molecule has 0 aliphatic rings. The lowest BCUT2D eigenvalue weighted by atomic mass is 10.2. The van der Waals surface area contributed by atoms with Gasteiger partial charge in [-0.1, -0.05) is 43.0 Å². The van der Waals surface area contributed by atoms with E-state index in [0.717, 1.165) is 10.5 Å². The smallest absolute Gasteiger partial charge is 0.0842 e. The van der Waals surface area contributed by atoms with Gasteiger partial charge in [0.15, 0.2) is 0 Å². The maximum atomic E-state index is 12.5. The second kappa shape index (κ2) is 5.95. The average Bonchev–Trinajstić information content (AvgIpc) is 2.24. The fourth-order valence-corrected chi connectivity index (χ4v) is 5.10. The van der Waals surface area contributed by atoms with E-state index in [1.165, 1.54) is 0 Å². The number of aliphatic hydroxyl groups is 1. The normalized spacial score (nSPS) is 16.4. The van der Waals surface area contributed by atoms with Gasteiger partial charge in [0.05, 0.1) is 25.0 Å². The summed E-state index contributed by atoms with van der Waals surface area (Å²) in [6.45, 7) is 10.2. The number of benzene rings is 1. The first-order valence-electron chi connectivity index (χ1n) is 6.10. The van der Waals surface area contributed by atoms with Gasteiger partial charge >= 0.3 is 0 Å². The lowest BCUT2D eigenvalue weighted by Crippen LogP contribution is -2.21. The van der Waals surface area contributed by atoms with Crippen molar-refractivity contribution in [1.82, 2.24) is 0 Å². The zero-order valence-corrected chi connectivity index (χ0v) is 13.5. The molecule has 1 N–H and O–H groups in total. The molecule has 2 atom stereocenters. The molecule has 0 saturated carbocycles. The molecule has 4 heteroatoms. The van der Waals surface area contributed by atoms with E-state index in [0.29, 0.717) is 4.91 Å². The van der Waals surface area contributed by atoms with Crippen LogP contribution >= 0.6 is 0 Å². The van der Waals surface area contributed by atoms with Gasteiger partial charge in [-0.05, 0) is 26.0 Å². The molecule has 0 unspecified atom stereocenters. The summed E-state index contributed by atoms with van der Waals surface area (Å²) in [5.41, 5.74) is 3.18. The second-order valence-corrected chi connectivity index (χ2v) is 12.2. The van der Waals surface area contributed by atoms with E-state index in [9.17, 15) is 9.32 Å². The molecule has 0 aromatic heterocycles. The van der Waals surface area contributed by atoms with Crippen molar-refractivity contribution < 1.29 is 9.32 Å². The van der Waals surface area contributed by atoms with Crippen molar-refractivity contribution in [2.75, 3.05) is 0 Å². The topological polar surface area (TPSA) is 37.3 Å². The van der Waals surface area contributed by atoms with Crippen LogP contribution in [-0.2, 0) is 10.8 Å². The van der Waals surface area contributed by atoms with Crippen LogP contribution in [0.2, 0.25) is 19.6 Å². The number of aliphatic hydroxyl groups excluding tert-OH is 1. The van der Waals surface area contributed by atoms with Gasteiger partial charge in [0, 0.05) is 9.80 Å². The fourth-order valence-electron chi connectivity index (χ4n) is 1.55. The van der Waals surface area contributed by atoms with Gasteiger partial charge in [-0.15, -0.1) is 0 Å². The van der Waals surface area contributed by atoms with Crippen molar-refractivity contribution in [3.63, 3.8) is 0 Å². The lowest BCUT2D eigenvalue weighted by molar-refractivity contribution is 0.240. The highest BCUT2D eigenvalue weighted by Crippen LogP contribution is 2.20. The molecule has 0 fully saturated rings. The highest BCUT2D eigenvalue weighted by atomic mass is 32.2. The monoisotopic (exact) mass is 282 g/mol. The molecule has 2 nitrogen and oxygen atoms in total. The summed E-state index contributed by atoms with van der Waals surface area (Å²) in [5.74, 6) is 0. The first-order chi connectivity index (χ1) is 8.20. The van der Waals surface area contributed by atoms with Crippen LogP contribution in [0.3, 0.4) is 0 Å². The van der Waals surface area contributed by atoms with Crippen molar-refractivity contribution in [2.45, 2.75) is 44.5 Å². The first kappa shape index (κ1) is 15.3. The predicted molar refractivity (Wildman–Crippen MR) is 80.7 cm³/mol. The van der Waals surface area contributed by atoms with Gasteiger partial charge in [-0.2, -0.15) is 0 Å². The molecule has 0 amide bonds. The summed E-state index contributed by atoms with van der Waals surface area (Å²) in [7, 11) is -2.76. The Kier molecular flexibility index (Phi) is 5.07. The molecule has 0 spiro atoms. The molecule has 0 aliphatic heterocycles. The summed E-state index contributed by atoms with van der Waals surface area (Å²) in [6, 6.07) is 7.63. The molecule has 1 aromatic carbocycles. The maximum Gasteiger partial charge on any atom is 0.0842 e. The van der Waals surface area contributed by atoms with Crippen LogP contribution < -0.4 is 0 Å². The third kappa shape index (κ3) is 4.52. The molecule has 1 rings (SSSR count). The standard InChI is InChI=1S/C14H22O2SSi/c1-11-6-8-13(9-7-11)17(16)14(12(2)15)10-18(3,4)5/h6-10,12,15H,1-5H3/b14-10+/t12-,17-/m0/s1. The number of hydrogen-bond acceptors (Lipinski definition) is 2. The summed E-state index contributed by atoms with van der Waals surface area (Å²) >= 11 is 0. The zero-order chi connectivity index (χ0) is 13.9. The van der Waals surface area contributed by atoms with E-state index in [2.05, 4.69) is 19.6 Å². The molecule has 18 heavy (non-hydrogen) atoms. The minimum atomic E-state index is -1.50. The fraction of sp³-hybridized carbons (Fsp3) is 0.429. The minimum absolute atomic E-state index is 0.637. The van der Waals surface area contributed by atoms with Crippen molar-refractivity contribution >= 4 is 18.9 Å². The minimum Gasteiger partial charge on any atom is -0.388 e. The van der Waals surface area contributed by atoms with Crippen molar-refractivity contribution in [1.29, 1.82) is 0 Å². The summed E-state index contributed by atoms with van der Waals surface area (Å²) in [6.07, 6.45) is -0.668. The molecule has 0 heterocycles. The SMILES string of the molecule is Cc1ccc([S@](=O)/C(=C/[Si](C)(C)C)[C@H](C)O)cc1. The van der Waals surface area contributed by atoms with Crippen LogP contribution in [-0.4, -0.2) is 23.5 Å². The highest BCUT2D eigenvalue weighted by Gasteiger charge is 2.20. The van der Waals surface area contributed by atoms with Crippen molar-refractivity contribution in [3.05, 3.63) is 40.4 Å². The number of rotatable bonds is 4. The Hall–Kier alpha value is -0.713. The van der Waals surface area contributed by atoms with E-state index in [-0.39, 0.29) is 0 Å². The number of hydrogen-bond donors (Lipinski definition) is 1. The van der Waals surface area contributed by atoms with Gasteiger partial charge < -0.3 is 5.11 Å². The van der Waals surface area contributed by atoms with Gasteiger partial charge in [-0.25, -0.2) is 4.21 Å². The molecular formula is C14H22O2SSi. The van der Waals surface area contributed by atoms with Crippen LogP contribution in [0.5, 0.6) is 0 Å². The van der Waals surface area contributed by atoms with E-state index in [1.54, 1.807) is 6.92 Å². The first-order valence-corrected chi connectivity index (χ1v) is 10.8. The summed E-state index contributed by atoms with van der Waals surface area (Å²) < 4.78 is 12.5. The third-order valence-electron chi connectivity index (χ3n) is 2.44. The summed E-state index contributed by atoms with van der Waals surface area (Å²) in [4.78, 5) is 1.39. The quantitative estimate of drug-likeness (QED) is 0.861. The van der Waals surface area contributed by atoms with Crippen LogP contribution in [0.25, 0.3) is 0 Å². The van der Waals surface area contributed by atoms with Gasteiger partial charge in [-0.3, -0.25) is 0 Å². The Morgan fingerprint density at radius 1 is 1.28 bits per heavy atom. The predicted octanol–water partition coefficient (Wildman–Crippen LogP) is 3.24. The van der Waals surface area contributed by atoms with Gasteiger partial charge in [0.25, 0.3) is 0 Å². The third-order valence-corrected chi connectivity index (χ3v) is 5.41. The highest BCUT2D eigenvalue weighted by molar-refractivity contribution is 7.89. The van der Waals surface area contributed by atoms with Gasteiger partial charge in [0.1, 0.15) is 0 Å². The molecule has 1 aromatic rings. The van der Waals surface area contributed by atoms with E-state index in [4.69, 9.17) is 0 Å². The van der Waals surface area contributed by atoms with Crippen LogP contribution in [0.1, 0.15) is 12.5 Å². The molecule has 0 aliphatic carbocycles. The molecule has 0 saturated heterocycles. The van der Waals surface area contributed by atoms with Crippen LogP contribution in [0.15, 0.2) is 39.8 Å². The molecule has 100 valence electrons. The van der Waals surface area contributed by atoms with Crippen molar-refractivity contribution in [3.8, 4) is 0 Å². The molecular weight excluding hydrogens is 260 g/mol. The Morgan fingerprint density at radius 3 is 2.17 bits per heavy atom. The largest absolute Gasteiger partial charge is 0.388 e. The Labute approximate surface area is 113 Å². The van der Waals surface area contributed by atoms with Crippen molar-refractivity contribution in [2.24, 2.45) is 0 Å². The molecule has 0 bridgehead atoms.